The summed E-state index contributed by atoms with van der Waals surface area (Å²) in [5, 5.41) is 6.21. The molecule has 1 aromatic rings. The highest BCUT2D eigenvalue weighted by molar-refractivity contribution is 7.80. The number of rotatable bonds is 4. The van der Waals surface area contributed by atoms with Crippen LogP contribution in [0.15, 0.2) is 36.0 Å². The molecular formula is C20H28N4O2S. The van der Waals surface area contributed by atoms with Gasteiger partial charge >= 0.3 is 0 Å². The minimum Gasteiger partial charge on any atom is -0.358 e. The summed E-state index contributed by atoms with van der Waals surface area (Å²) in [6.07, 6.45) is 5.08. The van der Waals surface area contributed by atoms with Crippen molar-refractivity contribution in [2.45, 2.75) is 46.1 Å². The molecule has 0 aromatic heterocycles. The van der Waals surface area contributed by atoms with Gasteiger partial charge in [-0.1, -0.05) is 57.0 Å². The first-order chi connectivity index (χ1) is 12.9. The number of amides is 2. The molecule has 1 aliphatic rings. The lowest BCUT2D eigenvalue weighted by atomic mass is 9.78. The van der Waals surface area contributed by atoms with Gasteiger partial charge in [-0.3, -0.25) is 20.4 Å². The van der Waals surface area contributed by atoms with E-state index in [0.717, 1.165) is 12.0 Å². The van der Waals surface area contributed by atoms with Crippen molar-refractivity contribution in [2.75, 3.05) is 0 Å². The Morgan fingerprint density at radius 1 is 1.11 bits per heavy atom. The van der Waals surface area contributed by atoms with Crippen molar-refractivity contribution in [3.05, 3.63) is 41.6 Å². The van der Waals surface area contributed by atoms with E-state index in [2.05, 4.69) is 35.3 Å². The molecule has 0 bridgehead atoms. The number of benzene rings is 1. The van der Waals surface area contributed by atoms with Gasteiger partial charge in [0.25, 0.3) is 5.91 Å². The van der Waals surface area contributed by atoms with E-state index in [0.29, 0.717) is 23.0 Å². The summed E-state index contributed by atoms with van der Waals surface area (Å²) in [6, 6.07) is 9.59. The predicted molar refractivity (Wildman–Crippen MR) is 111 cm³/mol. The zero-order chi connectivity index (χ0) is 19.8. The second-order valence-electron chi connectivity index (χ2n) is 7.08. The Kier molecular flexibility index (Phi) is 7.79. The Hall–Kier alpha value is -2.41. The fourth-order valence-electron chi connectivity index (χ4n) is 3.24. The van der Waals surface area contributed by atoms with Crippen LogP contribution in [-0.4, -0.2) is 23.0 Å². The summed E-state index contributed by atoms with van der Waals surface area (Å²) >= 11 is 5.31. The molecule has 146 valence electrons. The normalized spacial score (nSPS) is 22.5. The maximum atomic E-state index is 12.5. The lowest BCUT2D eigenvalue weighted by Gasteiger charge is -2.35. The number of carbonyl (C=O) groups excluding carboxylic acids is 2. The Bertz CT molecular complexity index is 705. The minimum atomic E-state index is -0.469. The molecule has 1 fully saturated rings. The molecule has 3 atom stereocenters. The molecule has 27 heavy (non-hydrogen) atoms. The van der Waals surface area contributed by atoms with Crippen LogP contribution in [0.1, 0.15) is 45.6 Å². The Balaban J connectivity index is 1.93. The van der Waals surface area contributed by atoms with E-state index in [1.807, 2.05) is 30.3 Å². The average Bonchev–Trinajstić information content (AvgIpc) is 2.63. The highest BCUT2D eigenvalue weighted by Gasteiger charge is 2.27. The van der Waals surface area contributed by atoms with Crippen molar-refractivity contribution in [2.24, 2.45) is 11.8 Å². The molecule has 0 saturated heterocycles. The molecule has 1 aliphatic carbocycles. The van der Waals surface area contributed by atoms with Crippen molar-refractivity contribution in [1.82, 2.24) is 21.5 Å². The maximum Gasteiger partial charge on any atom is 0.286 e. The predicted octanol–water partition coefficient (Wildman–Crippen LogP) is 2.48. The van der Waals surface area contributed by atoms with Gasteiger partial charge in [0.15, 0.2) is 5.11 Å². The van der Waals surface area contributed by atoms with E-state index in [9.17, 15) is 9.59 Å². The van der Waals surface area contributed by atoms with Crippen LogP contribution in [0.2, 0.25) is 0 Å². The third kappa shape index (κ3) is 6.67. The summed E-state index contributed by atoms with van der Waals surface area (Å²) in [5.41, 5.74) is 6.23. The monoisotopic (exact) mass is 388 g/mol. The number of nitrogens with one attached hydrogen (secondary N) is 4. The molecular weight excluding hydrogens is 360 g/mol. The largest absolute Gasteiger partial charge is 0.358 e. The van der Waals surface area contributed by atoms with Crippen LogP contribution in [0.25, 0.3) is 6.08 Å². The molecule has 1 saturated carbocycles. The van der Waals surface area contributed by atoms with E-state index in [1.54, 1.807) is 6.08 Å². The van der Waals surface area contributed by atoms with E-state index >= 15 is 0 Å². The van der Waals surface area contributed by atoms with Crippen molar-refractivity contribution >= 4 is 35.2 Å². The van der Waals surface area contributed by atoms with Gasteiger partial charge in [-0.05, 0) is 42.1 Å². The topological polar surface area (TPSA) is 82.3 Å². The number of hydrogen-bond donors (Lipinski definition) is 4. The van der Waals surface area contributed by atoms with Crippen molar-refractivity contribution in [3.8, 4) is 0 Å². The van der Waals surface area contributed by atoms with Crippen LogP contribution in [-0.2, 0) is 9.59 Å². The van der Waals surface area contributed by atoms with E-state index < -0.39 is 5.91 Å². The molecule has 0 spiro atoms. The molecule has 6 nitrogen and oxygen atoms in total. The minimum absolute atomic E-state index is 0.142. The number of hydrogen-bond acceptors (Lipinski definition) is 3. The molecule has 7 heteroatoms. The summed E-state index contributed by atoms with van der Waals surface area (Å²) in [4.78, 5) is 23.9. The maximum absolute atomic E-state index is 12.5. The molecule has 0 aliphatic heterocycles. The fourth-order valence-corrected chi connectivity index (χ4v) is 3.44. The number of carbonyl (C=O) groups is 2. The van der Waals surface area contributed by atoms with Gasteiger partial charge < -0.3 is 10.6 Å². The second kappa shape index (κ2) is 10.1. The Labute approximate surface area is 166 Å². The van der Waals surface area contributed by atoms with Crippen LogP contribution in [0, 0.1) is 11.8 Å². The summed E-state index contributed by atoms with van der Waals surface area (Å²) < 4.78 is 0. The molecule has 0 heterocycles. The van der Waals surface area contributed by atoms with Crippen molar-refractivity contribution in [3.63, 3.8) is 0 Å². The molecule has 2 amide bonds. The highest BCUT2D eigenvalue weighted by Crippen LogP contribution is 2.29. The first-order valence-corrected chi connectivity index (χ1v) is 9.69. The van der Waals surface area contributed by atoms with Gasteiger partial charge in [-0.25, -0.2) is 0 Å². The van der Waals surface area contributed by atoms with Crippen LogP contribution in [0.3, 0.4) is 0 Å². The van der Waals surface area contributed by atoms with Gasteiger partial charge in [0.05, 0.1) is 0 Å². The van der Waals surface area contributed by atoms with Gasteiger partial charge in [0.1, 0.15) is 5.70 Å². The van der Waals surface area contributed by atoms with Crippen molar-refractivity contribution < 1.29 is 9.59 Å². The summed E-state index contributed by atoms with van der Waals surface area (Å²) in [6.45, 7) is 5.84. The zero-order valence-electron chi connectivity index (χ0n) is 16.0. The lowest BCUT2D eigenvalue weighted by molar-refractivity contribution is -0.122. The summed E-state index contributed by atoms with van der Waals surface area (Å²) in [5.74, 6) is 0.372. The van der Waals surface area contributed by atoms with Gasteiger partial charge in [-0.15, -0.1) is 0 Å². The lowest BCUT2D eigenvalue weighted by Crippen LogP contribution is -2.53. The van der Waals surface area contributed by atoms with Crippen LogP contribution in [0.4, 0.5) is 0 Å². The van der Waals surface area contributed by atoms with Crippen LogP contribution < -0.4 is 21.5 Å². The molecule has 4 N–H and O–H groups in total. The molecule has 1 aromatic carbocycles. The van der Waals surface area contributed by atoms with Gasteiger partial charge in [0, 0.05) is 13.0 Å². The molecule has 0 unspecified atom stereocenters. The Morgan fingerprint density at radius 3 is 2.48 bits per heavy atom. The smallest absolute Gasteiger partial charge is 0.286 e. The van der Waals surface area contributed by atoms with E-state index in [4.69, 9.17) is 12.2 Å². The Morgan fingerprint density at radius 2 is 1.81 bits per heavy atom. The van der Waals surface area contributed by atoms with Crippen molar-refractivity contribution in [1.29, 1.82) is 0 Å². The van der Waals surface area contributed by atoms with E-state index in [1.165, 1.54) is 19.8 Å². The second-order valence-corrected chi connectivity index (χ2v) is 7.48. The quantitative estimate of drug-likeness (QED) is 0.362. The third-order valence-electron chi connectivity index (χ3n) is 4.98. The van der Waals surface area contributed by atoms with E-state index in [-0.39, 0.29) is 11.6 Å². The fraction of sp³-hybridized carbons (Fsp3) is 0.450. The summed E-state index contributed by atoms with van der Waals surface area (Å²) in [7, 11) is 0. The third-order valence-corrected chi connectivity index (χ3v) is 5.20. The standard InChI is InChI=1S/C20H28N4O2S/c1-13-8-7-11-17(14(13)2)22-20(27)24-23-19(26)18(21-15(3)25)12-16-9-5-4-6-10-16/h4-6,9-10,12-14,17H,7-8,11H2,1-3H3,(H,21,25)(H,23,26)(H2,22,24,27)/b18-12-/t13-,14-,17+/m1/s1. The molecule has 2 rings (SSSR count). The highest BCUT2D eigenvalue weighted by atomic mass is 32.1. The first kappa shape index (κ1) is 20.9. The number of hydrazine groups is 1. The van der Waals surface area contributed by atoms with Gasteiger partial charge in [-0.2, -0.15) is 0 Å². The molecule has 0 radical (unpaired) electrons. The number of thiocarbonyl (C=S) groups is 1. The van der Waals surface area contributed by atoms with Crippen LogP contribution in [0.5, 0.6) is 0 Å². The van der Waals surface area contributed by atoms with Gasteiger partial charge in [0.2, 0.25) is 5.91 Å². The van der Waals surface area contributed by atoms with Crippen LogP contribution >= 0.6 is 12.2 Å². The zero-order valence-corrected chi connectivity index (χ0v) is 16.9. The first-order valence-electron chi connectivity index (χ1n) is 9.28. The average molecular weight is 389 g/mol. The SMILES string of the molecule is CC(=O)N/C(=C\c1ccccc1)C(=O)NNC(=S)N[C@H]1CCC[C@@H](C)[C@H]1C.